The largest absolute Gasteiger partial charge is 0.355 e. The Kier molecular flexibility index (Phi) is 4.91. The summed E-state index contributed by atoms with van der Waals surface area (Å²) >= 11 is 1.84. The number of aromatic amines is 1. The third kappa shape index (κ3) is 3.06. The van der Waals surface area contributed by atoms with E-state index in [4.69, 9.17) is 0 Å². The molecule has 3 aromatic rings. The van der Waals surface area contributed by atoms with E-state index in [0.717, 1.165) is 11.4 Å². The summed E-state index contributed by atoms with van der Waals surface area (Å²) in [6, 6.07) is 6.75. The minimum absolute atomic E-state index is 1.08. The number of thiophene rings is 1. The van der Waals surface area contributed by atoms with Crippen LogP contribution in [0.15, 0.2) is 49.6 Å². The Hall–Kier alpha value is -2.58. The van der Waals surface area contributed by atoms with Crippen LogP contribution in [0.5, 0.6) is 0 Å². The Morgan fingerprint density at radius 1 is 1.08 bits per heavy atom. The molecule has 0 aliphatic carbocycles. The number of aryl methyl sites for hydroxylation is 1. The van der Waals surface area contributed by atoms with Crippen molar-refractivity contribution < 1.29 is 0 Å². The summed E-state index contributed by atoms with van der Waals surface area (Å²) in [6.45, 7) is 14.1. The van der Waals surface area contributed by atoms with Crippen molar-refractivity contribution in [2.45, 2.75) is 20.8 Å². The molecular formula is C23H23NS. The SMILES string of the molecule is C=C/C=C\c1c(C)sc2ccc(-c3c(/C=C\C)[nH]c(C=C)c3C)cc12. The van der Waals surface area contributed by atoms with Crippen molar-refractivity contribution in [1.29, 1.82) is 0 Å². The normalized spacial score (nSPS) is 11.8. The number of benzene rings is 1. The molecule has 0 bridgehead atoms. The second-order valence-corrected chi connectivity index (χ2v) is 7.29. The van der Waals surface area contributed by atoms with Gasteiger partial charge in [-0.1, -0.05) is 43.5 Å². The van der Waals surface area contributed by atoms with Crippen LogP contribution in [0.2, 0.25) is 0 Å². The highest BCUT2D eigenvalue weighted by molar-refractivity contribution is 7.19. The fourth-order valence-corrected chi connectivity index (χ4v) is 4.30. The fourth-order valence-electron chi connectivity index (χ4n) is 3.27. The zero-order valence-corrected chi connectivity index (χ0v) is 15.8. The van der Waals surface area contributed by atoms with Gasteiger partial charge in [-0.25, -0.2) is 0 Å². The first-order valence-corrected chi connectivity index (χ1v) is 9.22. The van der Waals surface area contributed by atoms with E-state index in [0.29, 0.717) is 0 Å². The maximum Gasteiger partial charge on any atom is 0.0464 e. The minimum Gasteiger partial charge on any atom is -0.355 e. The Balaban J connectivity index is 2.27. The summed E-state index contributed by atoms with van der Waals surface area (Å²) in [5.74, 6) is 0. The average Bonchev–Trinajstić information content (AvgIpc) is 3.09. The van der Waals surface area contributed by atoms with Gasteiger partial charge in [-0.05, 0) is 61.7 Å². The molecule has 0 saturated heterocycles. The molecule has 0 fully saturated rings. The molecule has 1 N–H and O–H groups in total. The predicted octanol–water partition coefficient (Wildman–Crippen LogP) is 7.39. The van der Waals surface area contributed by atoms with E-state index in [1.165, 1.54) is 37.2 Å². The number of nitrogens with one attached hydrogen (secondary N) is 1. The van der Waals surface area contributed by atoms with Gasteiger partial charge >= 0.3 is 0 Å². The molecule has 0 saturated carbocycles. The summed E-state index contributed by atoms with van der Waals surface area (Å²) in [5, 5.41) is 1.30. The Bertz CT molecular complexity index is 1010. The van der Waals surface area contributed by atoms with Gasteiger partial charge in [-0.2, -0.15) is 0 Å². The molecule has 2 heterocycles. The molecule has 126 valence electrons. The van der Waals surface area contributed by atoms with Crippen LogP contribution in [0.3, 0.4) is 0 Å². The Morgan fingerprint density at radius 3 is 2.56 bits per heavy atom. The number of allylic oxidation sites excluding steroid dienone is 3. The van der Waals surface area contributed by atoms with Crippen LogP contribution in [-0.2, 0) is 0 Å². The molecule has 1 nitrogen and oxygen atoms in total. The maximum atomic E-state index is 3.93. The van der Waals surface area contributed by atoms with Crippen LogP contribution in [0.4, 0.5) is 0 Å². The van der Waals surface area contributed by atoms with Crippen molar-refractivity contribution in [3.05, 3.63) is 77.0 Å². The lowest BCUT2D eigenvalue weighted by atomic mass is 9.98. The first-order valence-electron chi connectivity index (χ1n) is 8.41. The number of fused-ring (bicyclic) bond motifs is 1. The summed E-state index contributed by atoms with van der Waals surface area (Å²) < 4.78 is 1.31. The number of aromatic nitrogens is 1. The van der Waals surface area contributed by atoms with Crippen LogP contribution >= 0.6 is 11.3 Å². The van der Waals surface area contributed by atoms with E-state index < -0.39 is 0 Å². The minimum atomic E-state index is 1.08. The molecule has 0 unspecified atom stereocenters. The van der Waals surface area contributed by atoms with Gasteiger partial charge in [0.05, 0.1) is 0 Å². The molecule has 2 aromatic heterocycles. The number of rotatable bonds is 5. The maximum absolute atomic E-state index is 3.93. The van der Waals surface area contributed by atoms with E-state index in [1.54, 1.807) is 0 Å². The standard InChI is InChI=1S/C23H23NS/c1-6-9-11-18-16(5)25-22-13-12-17(14-19(18)22)23-15(4)20(8-3)24-21(23)10-7-2/h6-14,24H,1,3H2,2,4-5H3/b10-7-,11-9-. The fraction of sp³-hybridized carbons (Fsp3) is 0.130. The Morgan fingerprint density at radius 2 is 1.88 bits per heavy atom. The number of hydrogen-bond acceptors (Lipinski definition) is 1. The van der Waals surface area contributed by atoms with Crippen LogP contribution < -0.4 is 0 Å². The summed E-state index contributed by atoms with van der Waals surface area (Å²) in [5.41, 5.74) is 7.20. The van der Waals surface area contributed by atoms with Crippen molar-refractivity contribution in [3.8, 4) is 11.1 Å². The molecular weight excluding hydrogens is 322 g/mol. The van der Waals surface area contributed by atoms with Gasteiger partial charge < -0.3 is 4.98 Å². The molecule has 0 atom stereocenters. The van der Waals surface area contributed by atoms with Gasteiger partial charge in [0.15, 0.2) is 0 Å². The molecule has 0 amide bonds. The van der Waals surface area contributed by atoms with Crippen molar-refractivity contribution in [2.75, 3.05) is 0 Å². The smallest absolute Gasteiger partial charge is 0.0464 e. The second kappa shape index (κ2) is 7.12. The van der Waals surface area contributed by atoms with Gasteiger partial charge in [0.25, 0.3) is 0 Å². The third-order valence-corrected chi connectivity index (χ3v) is 5.56. The second-order valence-electron chi connectivity index (χ2n) is 6.03. The highest BCUT2D eigenvalue weighted by Crippen LogP contribution is 2.38. The third-order valence-electron chi connectivity index (χ3n) is 4.45. The van der Waals surface area contributed by atoms with Gasteiger partial charge in [0.2, 0.25) is 0 Å². The highest BCUT2D eigenvalue weighted by Gasteiger charge is 2.15. The lowest BCUT2D eigenvalue weighted by Gasteiger charge is -2.05. The van der Waals surface area contributed by atoms with Crippen LogP contribution in [0, 0.1) is 13.8 Å². The van der Waals surface area contributed by atoms with Crippen molar-refractivity contribution in [2.24, 2.45) is 0 Å². The molecule has 0 spiro atoms. The first-order chi connectivity index (χ1) is 12.1. The lowest BCUT2D eigenvalue weighted by molar-refractivity contribution is 1.32. The van der Waals surface area contributed by atoms with Crippen LogP contribution in [-0.4, -0.2) is 4.98 Å². The number of hydrogen-bond donors (Lipinski definition) is 1. The van der Waals surface area contributed by atoms with Gasteiger partial charge in [0.1, 0.15) is 0 Å². The monoisotopic (exact) mass is 345 g/mol. The van der Waals surface area contributed by atoms with Crippen LogP contribution in [0.25, 0.3) is 39.4 Å². The van der Waals surface area contributed by atoms with Crippen LogP contribution in [0.1, 0.15) is 34.3 Å². The average molecular weight is 346 g/mol. The van der Waals surface area contributed by atoms with E-state index in [2.05, 4.69) is 68.4 Å². The van der Waals surface area contributed by atoms with Gasteiger partial charge in [-0.3, -0.25) is 0 Å². The molecule has 2 heteroatoms. The quantitative estimate of drug-likeness (QED) is 0.464. The first kappa shape index (κ1) is 17.2. The Labute approximate surface area is 153 Å². The number of H-pyrrole nitrogens is 1. The van der Waals surface area contributed by atoms with Crippen molar-refractivity contribution >= 4 is 39.7 Å². The molecule has 25 heavy (non-hydrogen) atoms. The summed E-state index contributed by atoms with van der Waals surface area (Å²) in [7, 11) is 0. The summed E-state index contributed by atoms with van der Waals surface area (Å²) in [6.07, 6.45) is 12.0. The molecule has 0 aliphatic rings. The topological polar surface area (TPSA) is 15.8 Å². The predicted molar refractivity (Wildman–Crippen MR) is 115 cm³/mol. The summed E-state index contributed by atoms with van der Waals surface area (Å²) in [4.78, 5) is 4.80. The molecule has 0 aliphatic heterocycles. The van der Waals surface area contributed by atoms with Gasteiger partial charge in [-0.15, -0.1) is 11.3 Å². The van der Waals surface area contributed by atoms with E-state index in [9.17, 15) is 0 Å². The van der Waals surface area contributed by atoms with E-state index in [1.807, 2.05) is 36.5 Å². The van der Waals surface area contributed by atoms with E-state index >= 15 is 0 Å². The van der Waals surface area contributed by atoms with E-state index in [-0.39, 0.29) is 0 Å². The lowest BCUT2D eigenvalue weighted by Crippen LogP contribution is -1.83. The van der Waals surface area contributed by atoms with Gasteiger partial charge in [0, 0.05) is 31.9 Å². The van der Waals surface area contributed by atoms with Crippen molar-refractivity contribution in [3.63, 3.8) is 0 Å². The molecule has 0 radical (unpaired) electrons. The van der Waals surface area contributed by atoms with Crippen molar-refractivity contribution in [1.82, 2.24) is 4.98 Å². The zero-order chi connectivity index (χ0) is 18.0. The molecule has 3 rings (SSSR count). The highest BCUT2D eigenvalue weighted by atomic mass is 32.1. The zero-order valence-electron chi connectivity index (χ0n) is 15.0. The molecule has 1 aromatic carbocycles.